The number of aliphatic imine (C=N–C) groups is 1. The number of nitrogens with zero attached hydrogens (tertiary/aromatic N) is 1. The molecule has 0 fully saturated rings. The van der Waals surface area contributed by atoms with Crippen LogP contribution < -0.4 is 0 Å². The molecule has 0 N–H and O–H groups in total. The SMILES string of the molecule is C=C(C)c1ccc(C(=NC(=C)c2cccc(-c3ccccc3)c2)c2oc3ccccc3c2C)cc1. The van der Waals surface area contributed by atoms with E-state index in [2.05, 4.69) is 74.7 Å². The predicted octanol–water partition coefficient (Wildman–Crippen LogP) is 8.95. The Labute approximate surface area is 206 Å². The van der Waals surface area contributed by atoms with Gasteiger partial charge in [-0.05, 0) is 42.7 Å². The molecule has 1 heterocycles. The molecule has 0 amide bonds. The molecule has 0 radical (unpaired) electrons. The zero-order chi connectivity index (χ0) is 24.4. The Morgan fingerprint density at radius 3 is 2.06 bits per heavy atom. The van der Waals surface area contributed by atoms with E-state index in [-0.39, 0.29) is 0 Å². The maximum Gasteiger partial charge on any atom is 0.157 e. The highest BCUT2D eigenvalue weighted by atomic mass is 16.3. The molecule has 0 aliphatic carbocycles. The molecule has 0 unspecified atom stereocenters. The number of para-hydroxylation sites is 1. The first-order valence-corrected chi connectivity index (χ1v) is 11.7. The van der Waals surface area contributed by atoms with Gasteiger partial charge in [-0.2, -0.15) is 0 Å². The number of hydrogen-bond donors (Lipinski definition) is 0. The first-order valence-electron chi connectivity index (χ1n) is 11.7. The van der Waals surface area contributed by atoms with Gasteiger partial charge in [0, 0.05) is 22.1 Å². The van der Waals surface area contributed by atoms with Crippen LogP contribution in [-0.4, -0.2) is 5.71 Å². The Morgan fingerprint density at radius 1 is 0.686 bits per heavy atom. The van der Waals surface area contributed by atoms with E-state index in [1.165, 1.54) is 0 Å². The molecule has 35 heavy (non-hydrogen) atoms. The van der Waals surface area contributed by atoms with Crippen molar-refractivity contribution in [3.05, 3.63) is 144 Å². The van der Waals surface area contributed by atoms with E-state index in [4.69, 9.17) is 9.41 Å². The van der Waals surface area contributed by atoms with Crippen LogP contribution in [0.2, 0.25) is 0 Å². The van der Waals surface area contributed by atoms with Crippen LogP contribution >= 0.6 is 0 Å². The Kier molecular flexibility index (Phi) is 6.03. The first kappa shape index (κ1) is 22.4. The van der Waals surface area contributed by atoms with Crippen LogP contribution in [0.1, 0.15) is 34.9 Å². The van der Waals surface area contributed by atoms with Gasteiger partial charge in [0.25, 0.3) is 0 Å². The zero-order valence-corrected chi connectivity index (χ0v) is 20.1. The van der Waals surface area contributed by atoms with Crippen LogP contribution in [0, 0.1) is 6.92 Å². The van der Waals surface area contributed by atoms with Gasteiger partial charge in [0.1, 0.15) is 11.3 Å². The number of aryl methyl sites for hydroxylation is 1. The lowest BCUT2D eigenvalue weighted by Crippen LogP contribution is -2.04. The van der Waals surface area contributed by atoms with Crippen molar-refractivity contribution in [3.63, 3.8) is 0 Å². The number of allylic oxidation sites excluding steroid dienone is 1. The lowest BCUT2D eigenvalue weighted by atomic mass is 10.00. The second-order valence-electron chi connectivity index (χ2n) is 8.76. The van der Waals surface area contributed by atoms with Gasteiger partial charge < -0.3 is 4.42 Å². The standard InChI is InChI=1S/C33H27NO/c1-22(2)25-17-19-27(20-18-25)32(33-23(3)30-15-8-9-16-31(30)35-33)34-24(4)28-13-10-14-29(21-28)26-11-6-5-7-12-26/h5-21H,1,4H2,2-3H3. The highest BCUT2D eigenvalue weighted by Gasteiger charge is 2.18. The minimum atomic E-state index is 0.682. The van der Waals surface area contributed by atoms with Crippen LogP contribution in [0.15, 0.2) is 126 Å². The molecular weight excluding hydrogens is 426 g/mol. The number of hydrogen-bond acceptors (Lipinski definition) is 2. The topological polar surface area (TPSA) is 25.5 Å². The summed E-state index contributed by atoms with van der Waals surface area (Å²) in [5.41, 5.74) is 9.72. The molecule has 0 saturated carbocycles. The van der Waals surface area contributed by atoms with Crippen molar-refractivity contribution in [2.75, 3.05) is 0 Å². The summed E-state index contributed by atoms with van der Waals surface area (Å²) in [4.78, 5) is 5.06. The molecule has 5 aromatic rings. The van der Waals surface area contributed by atoms with Gasteiger partial charge in [-0.3, -0.25) is 0 Å². The zero-order valence-electron chi connectivity index (χ0n) is 20.1. The molecule has 170 valence electrons. The molecule has 0 spiro atoms. The second kappa shape index (κ2) is 9.44. The van der Waals surface area contributed by atoms with Crippen molar-refractivity contribution in [2.45, 2.75) is 13.8 Å². The molecule has 0 bridgehead atoms. The van der Waals surface area contributed by atoms with E-state index in [1.807, 2.05) is 55.5 Å². The molecule has 0 aliphatic heterocycles. The van der Waals surface area contributed by atoms with Crippen LogP contribution in [0.3, 0.4) is 0 Å². The lowest BCUT2D eigenvalue weighted by molar-refractivity contribution is 0.602. The summed E-state index contributed by atoms with van der Waals surface area (Å²) in [5.74, 6) is 0.759. The van der Waals surface area contributed by atoms with E-state index < -0.39 is 0 Å². The van der Waals surface area contributed by atoms with Crippen LogP contribution in [0.4, 0.5) is 0 Å². The van der Waals surface area contributed by atoms with Gasteiger partial charge in [0.15, 0.2) is 5.76 Å². The van der Waals surface area contributed by atoms with Gasteiger partial charge >= 0.3 is 0 Å². The maximum absolute atomic E-state index is 6.33. The fraction of sp³-hybridized carbons (Fsp3) is 0.0606. The number of rotatable bonds is 6. The Hall–Kier alpha value is -4.43. The van der Waals surface area contributed by atoms with E-state index in [1.54, 1.807) is 0 Å². The van der Waals surface area contributed by atoms with E-state index >= 15 is 0 Å². The average Bonchev–Trinajstić information content (AvgIpc) is 3.24. The third-order valence-corrected chi connectivity index (χ3v) is 6.26. The first-order chi connectivity index (χ1) is 17.0. The van der Waals surface area contributed by atoms with Gasteiger partial charge in [-0.1, -0.05) is 110 Å². The highest BCUT2D eigenvalue weighted by Crippen LogP contribution is 2.30. The highest BCUT2D eigenvalue weighted by molar-refractivity contribution is 6.15. The van der Waals surface area contributed by atoms with Crippen LogP contribution in [-0.2, 0) is 0 Å². The number of furan rings is 1. The van der Waals surface area contributed by atoms with Gasteiger partial charge in [-0.25, -0.2) is 4.99 Å². The Balaban J connectivity index is 1.62. The van der Waals surface area contributed by atoms with Crippen molar-refractivity contribution >= 4 is 28.0 Å². The summed E-state index contributed by atoms with van der Waals surface area (Å²) in [6.07, 6.45) is 0. The van der Waals surface area contributed by atoms with E-state index in [0.717, 1.165) is 61.4 Å². The van der Waals surface area contributed by atoms with Crippen LogP contribution in [0.25, 0.3) is 33.4 Å². The third kappa shape index (κ3) is 4.51. The number of benzene rings is 4. The molecule has 2 heteroatoms. The smallest absolute Gasteiger partial charge is 0.157 e. The lowest BCUT2D eigenvalue weighted by Gasteiger charge is -2.10. The average molecular weight is 454 g/mol. The molecule has 4 aromatic carbocycles. The van der Waals surface area contributed by atoms with Crippen molar-refractivity contribution < 1.29 is 4.42 Å². The Bertz CT molecular complexity index is 1570. The summed E-state index contributed by atoms with van der Waals surface area (Å²) in [6.45, 7) is 12.5. The van der Waals surface area contributed by atoms with Crippen molar-refractivity contribution in [2.24, 2.45) is 4.99 Å². The molecule has 2 nitrogen and oxygen atoms in total. The van der Waals surface area contributed by atoms with Gasteiger partial charge in [0.05, 0.1) is 5.70 Å². The summed E-state index contributed by atoms with van der Waals surface area (Å²) in [6, 6.07) is 35.1. The predicted molar refractivity (Wildman–Crippen MR) is 149 cm³/mol. The minimum absolute atomic E-state index is 0.682. The molecular formula is C33H27NO. The van der Waals surface area contributed by atoms with E-state index in [9.17, 15) is 0 Å². The van der Waals surface area contributed by atoms with Crippen molar-refractivity contribution in [3.8, 4) is 11.1 Å². The van der Waals surface area contributed by atoms with Gasteiger partial charge in [-0.15, -0.1) is 0 Å². The molecule has 0 saturated heterocycles. The summed E-state index contributed by atoms with van der Waals surface area (Å²) in [7, 11) is 0. The summed E-state index contributed by atoms with van der Waals surface area (Å²) >= 11 is 0. The second-order valence-corrected chi connectivity index (χ2v) is 8.76. The molecule has 5 rings (SSSR count). The van der Waals surface area contributed by atoms with Crippen LogP contribution in [0.5, 0.6) is 0 Å². The molecule has 0 aliphatic rings. The minimum Gasteiger partial charge on any atom is -0.454 e. The Morgan fingerprint density at radius 2 is 1.34 bits per heavy atom. The maximum atomic E-state index is 6.33. The fourth-order valence-electron chi connectivity index (χ4n) is 4.27. The van der Waals surface area contributed by atoms with Gasteiger partial charge in [0.2, 0.25) is 0 Å². The van der Waals surface area contributed by atoms with Crippen molar-refractivity contribution in [1.29, 1.82) is 0 Å². The summed E-state index contributed by atoms with van der Waals surface area (Å²) < 4.78 is 6.33. The largest absolute Gasteiger partial charge is 0.454 e. The summed E-state index contributed by atoms with van der Waals surface area (Å²) in [5, 5.41) is 1.09. The third-order valence-electron chi connectivity index (χ3n) is 6.26. The fourth-order valence-corrected chi connectivity index (χ4v) is 4.27. The molecule has 1 aromatic heterocycles. The monoisotopic (exact) mass is 453 g/mol. The quantitative estimate of drug-likeness (QED) is 0.236. The number of fused-ring (bicyclic) bond motifs is 1. The molecule has 0 atom stereocenters. The van der Waals surface area contributed by atoms with E-state index in [0.29, 0.717) is 5.70 Å². The normalized spacial score (nSPS) is 11.5. The van der Waals surface area contributed by atoms with Crippen molar-refractivity contribution in [1.82, 2.24) is 0 Å².